The lowest BCUT2D eigenvalue weighted by molar-refractivity contribution is -0.125. The summed E-state index contributed by atoms with van der Waals surface area (Å²) in [6, 6.07) is 8.71. The van der Waals surface area contributed by atoms with E-state index in [1.165, 1.54) is 24.3 Å². The maximum absolute atomic E-state index is 14.4. The molecule has 162 valence electrons. The molecule has 0 unspecified atom stereocenters. The van der Waals surface area contributed by atoms with Crippen LogP contribution in [0.5, 0.6) is 0 Å². The van der Waals surface area contributed by atoms with Crippen molar-refractivity contribution in [2.24, 2.45) is 0 Å². The number of anilines is 1. The van der Waals surface area contributed by atoms with Gasteiger partial charge in [0.2, 0.25) is 0 Å². The van der Waals surface area contributed by atoms with Crippen LogP contribution in [0.15, 0.2) is 42.6 Å². The smallest absolute Gasteiger partial charge is 0.253 e. The number of amides is 2. The predicted octanol–water partition coefficient (Wildman–Crippen LogP) is 2.62. The Morgan fingerprint density at radius 1 is 1.09 bits per heavy atom. The molecule has 3 aromatic rings. The fourth-order valence-corrected chi connectivity index (χ4v) is 3.99. The second-order valence-electron chi connectivity index (χ2n) is 7.55. The molecule has 0 bridgehead atoms. The van der Waals surface area contributed by atoms with E-state index in [1.807, 2.05) is 0 Å². The molecule has 2 aliphatic heterocycles. The van der Waals surface area contributed by atoms with Gasteiger partial charge in [-0.05, 0) is 35.9 Å². The SMILES string of the molecule is O=C1NCc2nc(-c3c(F)cccc3F)cc(Cc3ccc(N4CCOCC4=O)cn3)c21. The summed E-state index contributed by atoms with van der Waals surface area (Å²) in [5.74, 6) is -1.86. The van der Waals surface area contributed by atoms with Gasteiger partial charge in [0, 0.05) is 18.7 Å². The minimum atomic E-state index is -0.724. The lowest BCUT2D eigenvalue weighted by Gasteiger charge is -2.26. The van der Waals surface area contributed by atoms with Crippen LogP contribution in [0.4, 0.5) is 14.5 Å². The number of hydrogen-bond acceptors (Lipinski definition) is 5. The number of carbonyl (C=O) groups is 2. The van der Waals surface area contributed by atoms with E-state index in [4.69, 9.17) is 4.74 Å². The average molecular weight is 436 g/mol. The van der Waals surface area contributed by atoms with E-state index in [0.29, 0.717) is 41.4 Å². The van der Waals surface area contributed by atoms with E-state index < -0.39 is 11.6 Å². The highest BCUT2D eigenvalue weighted by Gasteiger charge is 2.27. The first-order chi connectivity index (χ1) is 15.5. The summed E-state index contributed by atoms with van der Waals surface area (Å²) in [4.78, 5) is 34.8. The largest absolute Gasteiger partial charge is 0.370 e. The number of carbonyl (C=O) groups excluding carboxylic acids is 2. The molecule has 1 aromatic carbocycles. The Balaban J connectivity index is 1.50. The highest BCUT2D eigenvalue weighted by molar-refractivity contribution is 5.99. The number of benzene rings is 1. The van der Waals surface area contributed by atoms with Gasteiger partial charge in [-0.15, -0.1) is 0 Å². The van der Waals surface area contributed by atoms with Gasteiger partial charge in [-0.1, -0.05) is 6.07 Å². The first-order valence-electron chi connectivity index (χ1n) is 10.1. The highest BCUT2D eigenvalue weighted by atomic mass is 19.1. The van der Waals surface area contributed by atoms with E-state index in [9.17, 15) is 18.4 Å². The Hall–Kier alpha value is -3.72. The van der Waals surface area contributed by atoms with Crippen LogP contribution in [-0.4, -0.2) is 41.5 Å². The molecule has 1 saturated heterocycles. The summed E-state index contributed by atoms with van der Waals surface area (Å²) in [6.45, 7) is 1.14. The molecule has 0 atom stereocenters. The zero-order valence-corrected chi connectivity index (χ0v) is 16.9. The van der Waals surface area contributed by atoms with Gasteiger partial charge in [0.05, 0.1) is 47.6 Å². The summed E-state index contributed by atoms with van der Waals surface area (Å²) in [5.41, 5.74) is 2.62. The van der Waals surface area contributed by atoms with Crippen molar-refractivity contribution in [3.63, 3.8) is 0 Å². The van der Waals surface area contributed by atoms with Crippen LogP contribution in [-0.2, 0) is 22.5 Å². The molecule has 7 nitrogen and oxygen atoms in total. The molecule has 0 spiro atoms. The first kappa shape index (κ1) is 20.2. The van der Waals surface area contributed by atoms with Crippen LogP contribution in [0, 0.1) is 11.6 Å². The molecule has 2 amide bonds. The zero-order chi connectivity index (χ0) is 22.2. The zero-order valence-electron chi connectivity index (χ0n) is 16.9. The van der Waals surface area contributed by atoms with Crippen LogP contribution < -0.4 is 10.2 Å². The standard InChI is InChI=1S/C23H18F2N4O3/c24-16-2-1-3-17(25)22(16)18-9-13(21-19(28-18)11-27-23(21)31)8-14-4-5-15(10-26-14)29-6-7-32-12-20(29)30/h1-5,9-10H,6-8,11-12H2,(H,27,31). The summed E-state index contributed by atoms with van der Waals surface area (Å²) < 4.78 is 33.9. The molecule has 1 fully saturated rings. The fourth-order valence-electron chi connectivity index (χ4n) is 3.99. The average Bonchev–Trinajstić information content (AvgIpc) is 3.16. The molecule has 32 heavy (non-hydrogen) atoms. The number of fused-ring (bicyclic) bond motifs is 1. The van der Waals surface area contributed by atoms with E-state index in [2.05, 4.69) is 15.3 Å². The highest BCUT2D eigenvalue weighted by Crippen LogP contribution is 2.30. The van der Waals surface area contributed by atoms with Crippen molar-refractivity contribution in [1.29, 1.82) is 0 Å². The number of rotatable bonds is 4. The van der Waals surface area contributed by atoms with E-state index in [0.717, 1.165) is 0 Å². The van der Waals surface area contributed by atoms with Gasteiger partial charge in [0.15, 0.2) is 0 Å². The van der Waals surface area contributed by atoms with Crippen molar-refractivity contribution >= 4 is 17.5 Å². The molecule has 9 heteroatoms. The Labute approximate surface area is 182 Å². The summed E-state index contributed by atoms with van der Waals surface area (Å²) in [5, 5.41) is 2.71. The second kappa shape index (κ2) is 8.08. The van der Waals surface area contributed by atoms with Crippen LogP contribution >= 0.6 is 0 Å². The maximum atomic E-state index is 14.4. The molecule has 2 aromatic heterocycles. The Kier molecular flexibility index (Phi) is 5.10. The van der Waals surface area contributed by atoms with Crippen molar-refractivity contribution in [3.8, 4) is 11.3 Å². The fraction of sp³-hybridized carbons (Fsp3) is 0.217. The number of nitrogens with one attached hydrogen (secondary N) is 1. The second-order valence-corrected chi connectivity index (χ2v) is 7.55. The van der Waals surface area contributed by atoms with Gasteiger partial charge in [0.1, 0.15) is 18.2 Å². The van der Waals surface area contributed by atoms with Crippen molar-refractivity contribution in [2.45, 2.75) is 13.0 Å². The quantitative estimate of drug-likeness (QED) is 0.680. The number of hydrogen-bond donors (Lipinski definition) is 1. The maximum Gasteiger partial charge on any atom is 0.253 e. The topological polar surface area (TPSA) is 84.4 Å². The molecule has 0 aliphatic carbocycles. The van der Waals surface area contributed by atoms with Gasteiger partial charge in [-0.3, -0.25) is 14.6 Å². The lowest BCUT2D eigenvalue weighted by Crippen LogP contribution is -2.41. The van der Waals surface area contributed by atoms with E-state index >= 15 is 0 Å². The monoisotopic (exact) mass is 436 g/mol. The summed E-state index contributed by atoms with van der Waals surface area (Å²) >= 11 is 0. The number of halogens is 2. The molecule has 4 heterocycles. The molecule has 1 N–H and O–H groups in total. The molecule has 2 aliphatic rings. The summed E-state index contributed by atoms with van der Waals surface area (Å²) in [7, 11) is 0. The van der Waals surface area contributed by atoms with Gasteiger partial charge in [-0.2, -0.15) is 0 Å². The third kappa shape index (κ3) is 3.60. The van der Waals surface area contributed by atoms with Crippen molar-refractivity contribution in [3.05, 3.63) is 76.7 Å². The first-order valence-corrected chi connectivity index (χ1v) is 10.1. The van der Waals surface area contributed by atoms with Gasteiger partial charge in [-0.25, -0.2) is 13.8 Å². The Bertz CT molecular complexity index is 1210. The van der Waals surface area contributed by atoms with Gasteiger partial charge >= 0.3 is 0 Å². The molecular formula is C23H18F2N4O3. The minimum absolute atomic E-state index is 0.0371. The normalized spacial score (nSPS) is 15.6. The minimum Gasteiger partial charge on any atom is -0.370 e. The molecule has 5 rings (SSSR count). The number of aromatic nitrogens is 2. The van der Waals surface area contributed by atoms with Crippen LogP contribution in [0.1, 0.15) is 27.3 Å². The number of ether oxygens (including phenoxy) is 1. The molecule has 0 radical (unpaired) electrons. The van der Waals surface area contributed by atoms with Crippen molar-refractivity contribution in [1.82, 2.24) is 15.3 Å². The number of nitrogens with zero attached hydrogens (tertiary/aromatic N) is 3. The van der Waals surface area contributed by atoms with Crippen molar-refractivity contribution in [2.75, 3.05) is 24.7 Å². The van der Waals surface area contributed by atoms with Crippen LogP contribution in [0.25, 0.3) is 11.3 Å². The van der Waals surface area contributed by atoms with E-state index in [-0.39, 0.29) is 42.6 Å². The Morgan fingerprint density at radius 3 is 2.62 bits per heavy atom. The van der Waals surface area contributed by atoms with Crippen LogP contribution in [0.2, 0.25) is 0 Å². The number of morpholine rings is 1. The van der Waals surface area contributed by atoms with Crippen molar-refractivity contribution < 1.29 is 23.1 Å². The van der Waals surface area contributed by atoms with Gasteiger partial charge in [0.25, 0.3) is 11.8 Å². The molecular weight excluding hydrogens is 418 g/mol. The summed E-state index contributed by atoms with van der Waals surface area (Å²) in [6.07, 6.45) is 1.86. The number of pyridine rings is 2. The molecule has 0 saturated carbocycles. The van der Waals surface area contributed by atoms with E-state index in [1.54, 1.807) is 23.2 Å². The Morgan fingerprint density at radius 2 is 1.91 bits per heavy atom. The third-order valence-electron chi connectivity index (χ3n) is 5.52. The van der Waals surface area contributed by atoms with Crippen LogP contribution in [0.3, 0.4) is 0 Å². The lowest BCUT2D eigenvalue weighted by atomic mass is 9.98. The third-order valence-corrected chi connectivity index (χ3v) is 5.52. The predicted molar refractivity (Wildman–Crippen MR) is 111 cm³/mol. The van der Waals surface area contributed by atoms with Gasteiger partial charge < -0.3 is 15.0 Å².